The summed E-state index contributed by atoms with van der Waals surface area (Å²) in [5.74, 6) is 0. The number of hydrogen-bond acceptors (Lipinski definition) is 3. The number of anilines is 3. The molecular formula is C41H28N2S. The van der Waals surface area contributed by atoms with Crippen LogP contribution < -0.4 is 10.2 Å². The lowest BCUT2D eigenvalue weighted by Crippen LogP contribution is -2.37. The Morgan fingerprint density at radius 2 is 1.14 bits per heavy atom. The molecular weight excluding hydrogens is 553 g/mol. The molecule has 1 aliphatic rings. The molecule has 0 amide bonds. The Morgan fingerprint density at radius 1 is 0.500 bits per heavy atom. The Labute approximate surface area is 260 Å². The first kappa shape index (κ1) is 25.1. The van der Waals surface area contributed by atoms with Crippen molar-refractivity contribution in [3.63, 3.8) is 0 Å². The number of nitrogens with one attached hydrogen (secondary N) is 1. The second-order valence-electron chi connectivity index (χ2n) is 11.4. The van der Waals surface area contributed by atoms with Gasteiger partial charge in [0.2, 0.25) is 0 Å². The standard InChI is InChI=1S/C41H28N2S/c1-2-8-27(9-3-1)28-14-19-31(20-15-28)43(40-25-24-37-36-12-6-7-13-39(36)44-41(37)42-40)32-21-16-30-18-22-34-33-11-5-4-10-29(33)17-23-35(34)38(30)26-32/h1-26,40,42H. The van der Waals surface area contributed by atoms with E-state index in [1.165, 1.54) is 64.1 Å². The van der Waals surface area contributed by atoms with E-state index in [1.54, 1.807) is 0 Å². The van der Waals surface area contributed by atoms with E-state index in [9.17, 15) is 0 Å². The Morgan fingerprint density at radius 3 is 1.98 bits per heavy atom. The van der Waals surface area contributed by atoms with Gasteiger partial charge in [0.1, 0.15) is 6.17 Å². The third-order valence-corrected chi connectivity index (χ3v) is 10.0. The van der Waals surface area contributed by atoms with Crippen LogP contribution in [0.1, 0.15) is 5.56 Å². The molecule has 7 aromatic carbocycles. The maximum atomic E-state index is 3.90. The first-order valence-corrected chi connectivity index (χ1v) is 15.9. The van der Waals surface area contributed by atoms with Crippen LogP contribution in [0, 0.1) is 0 Å². The highest BCUT2D eigenvalue weighted by molar-refractivity contribution is 7.23. The lowest BCUT2D eigenvalue weighted by Gasteiger charge is -2.35. The zero-order chi connectivity index (χ0) is 29.0. The zero-order valence-electron chi connectivity index (χ0n) is 23.9. The number of benzene rings is 7. The normalized spacial score (nSPS) is 14.2. The molecule has 0 saturated heterocycles. The van der Waals surface area contributed by atoms with E-state index < -0.39 is 0 Å². The van der Waals surface area contributed by atoms with Crippen LogP contribution in [-0.4, -0.2) is 6.17 Å². The van der Waals surface area contributed by atoms with Crippen LogP contribution in [-0.2, 0) is 0 Å². The summed E-state index contributed by atoms with van der Waals surface area (Å²) >= 11 is 1.83. The Hall–Kier alpha value is -5.38. The van der Waals surface area contributed by atoms with Gasteiger partial charge in [0, 0.05) is 27.0 Å². The molecule has 1 unspecified atom stereocenters. The second kappa shape index (κ2) is 10.1. The van der Waals surface area contributed by atoms with Gasteiger partial charge in [0.25, 0.3) is 0 Å². The largest absolute Gasteiger partial charge is 0.353 e. The summed E-state index contributed by atoms with van der Waals surface area (Å²) in [6, 6.07) is 52.8. The number of fused-ring (bicyclic) bond motifs is 8. The average molecular weight is 581 g/mol. The summed E-state index contributed by atoms with van der Waals surface area (Å²) in [7, 11) is 0. The summed E-state index contributed by atoms with van der Waals surface area (Å²) in [5, 5.41) is 14.0. The highest BCUT2D eigenvalue weighted by atomic mass is 32.1. The minimum atomic E-state index is -0.0496. The molecule has 208 valence electrons. The van der Waals surface area contributed by atoms with Crippen molar-refractivity contribution >= 4 is 76.2 Å². The van der Waals surface area contributed by atoms with Gasteiger partial charge in [-0.2, -0.15) is 0 Å². The summed E-state index contributed by atoms with van der Waals surface area (Å²) in [6.45, 7) is 0. The fourth-order valence-corrected chi connectivity index (χ4v) is 7.85. The second-order valence-corrected chi connectivity index (χ2v) is 12.5. The number of hydrogen-bond donors (Lipinski definition) is 1. The van der Waals surface area contributed by atoms with E-state index in [4.69, 9.17) is 0 Å². The summed E-state index contributed by atoms with van der Waals surface area (Å²) < 4.78 is 1.30. The lowest BCUT2D eigenvalue weighted by molar-refractivity contribution is 0.882. The summed E-state index contributed by atoms with van der Waals surface area (Å²) in [5.41, 5.74) is 6.00. The third-order valence-electron chi connectivity index (χ3n) is 8.89. The molecule has 3 heteroatoms. The van der Waals surface area contributed by atoms with Crippen LogP contribution in [0.5, 0.6) is 0 Å². The molecule has 1 N–H and O–H groups in total. The van der Waals surface area contributed by atoms with Crippen molar-refractivity contribution in [1.29, 1.82) is 0 Å². The SMILES string of the molecule is C1=CC(N(c2ccc(-c3ccccc3)cc2)c2ccc3ccc4c5ccccc5ccc4c3c2)Nc2sc3ccccc3c21. The van der Waals surface area contributed by atoms with Crippen molar-refractivity contribution < 1.29 is 0 Å². The van der Waals surface area contributed by atoms with Crippen molar-refractivity contribution in [3.05, 3.63) is 157 Å². The van der Waals surface area contributed by atoms with Gasteiger partial charge in [-0.05, 0) is 79.9 Å². The molecule has 2 heterocycles. The molecule has 0 spiro atoms. The minimum Gasteiger partial charge on any atom is -0.353 e. The monoisotopic (exact) mass is 580 g/mol. The van der Waals surface area contributed by atoms with Crippen LogP contribution in [0.3, 0.4) is 0 Å². The molecule has 0 bridgehead atoms. The Balaban J connectivity index is 1.20. The maximum absolute atomic E-state index is 3.90. The van der Waals surface area contributed by atoms with E-state index in [1.807, 2.05) is 11.3 Å². The predicted octanol–water partition coefficient (Wildman–Crippen LogP) is 11.6. The molecule has 2 nitrogen and oxygen atoms in total. The van der Waals surface area contributed by atoms with Gasteiger partial charge >= 0.3 is 0 Å². The molecule has 8 aromatic rings. The van der Waals surface area contributed by atoms with Gasteiger partial charge < -0.3 is 10.2 Å². The van der Waals surface area contributed by atoms with E-state index in [2.05, 4.69) is 168 Å². The Bertz CT molecular complexity index is 2370. The van der Waals surface area contributed by atoms with E-state index >= 15 is 0 Å². The first-order chi connectivity index (χ1) is 21.8. The van der Waals surface area contributed by atoms with Crippen molar-refractivity contribution in [2.24, 2.45) is 0 Å². The highest BCUT2D eigenvalue weighted by Gasteiger charge is 2.25. The van der Waals surface area contributed by atoms with Crippen molar-refractivity contribution in [2.75, 3.05) is 10.2 Å². The first-order valence-electron chi connectivity index (χ1n) is 15.1. The molecule has 0 fully saturated rings. The molecule has 0 radical (unpaired) electrons. The van der Waals surface area contributed by atoms with Gasteiger partial charge in [-0.1, -0.05) is 121 Å². The van der Waals surface area contributed by atoms with Crippen LogP contribution >= 0.6 is 11.3 Å². The van der Waals surface area contributed by atoms with E-state index in [-0.39, 0.29) is 6.17 Å². The van der Waals surface area contributed by atoms with Gasteiger partial charge in [-0.3, -0.25) is 0 Å². The van der Waals surface area contributed by atoms with Crippen molar-refractivity contribution in [3.8, 4) is 11.1 Å². The van der Waals surface area contributed by atoms with Crippen LogP contribution in [0.25, 0.3) is 59.6 Å². The highest BCUT2D eigenvalue weighted by Crippen LogP contribution is 2.42. The molecule has 1 aromatic heterocycles. The van der Waals surface area contributed by atoms with Gasteiger partial charge in [0.05, 0.1) is 5.00 Å². The number of rotatable bonds is 4. The van der Waals surface area contributed by atoms with Crippen LogP contribution in [0.2, 0.25) is 0 Å². The fourth-order valence-electron chi connectivity index (χ4n) is 6.73. The number of thiophene rings is 1. The van der Waals surface area contributed by atoms with Gasteiger partial charge in [0.15, 0.2) is 0 Å². The van der Waals surface area contributed by atoms with Gasteiger partial charge in [-0.25, -0.2) is 0 Å². The molecule has 1 atom stereocenters. The zero-order valence-corrected chi connectivity index (χ0v) is 24.8. The topological polar surface area (TPSA) is 15.3 Å². The van der Waals surface area contributed by atoms with Crippen LogP contribution in [0.15, 0.2) is 152 Å². The molecule has 0 saturated carbocycles. The third kappa shape index (κ3) is 4.09. The molecule has 0 aliphatic carbocycles. The molecule has 44 heavy (non-hydrogen) atoms. The van der Waals surface area contributed by atoms with E-state index in [0.29, 0.717) is 0 Å². The summed E-state index contributed by atoms with van der Waals surface area (Å²) in [6.07, 6.45) is 4.54. The Kier molecular flexibility index (Phi) is 5.78. The fraction of sp³-hybridized carbons (Fsp3) is 0.0244. The van der Waals surface area contributed by atoms with E-state index in [0.717, 1.165) is 11.4 Å². The maximum Gasteiger partial charge on any atom is 0.124 e. The lowest BCUT2D eigenvalue weighted by atomic mass is 9.96. The smallest absolute Gasteiger partial charge is 0.124 e. The average Bonchev–Trinajstić information content (AvgIpc) is 3.47. The minimum absolute atomic E-state index is 0.0496. The quantitative estimate of drug-likeness (QED) is 0.208. The molecule has 9 rings (SSSR count). The van der Waals surface area contributed by atoms with Crippen LogP contribution in [0.4, 0.5) is 16.4 Å². The van der Waals surface area contributed by atoms with Gasteiger partial charge in [-0.15, -0.1) is 11.3 Å². The van der Waals surface area contributed by atoms with Crippen molar-refractivity contribution in [2.45, 2.75) is 6.17 Å². The number of nitrogens with zero attached hydrogens (tertiary/aromatic N) is 1. The molecule has 1 aliphatic heterocycles. The summed E-state index contributed by atoms with van der Waals surface area (Å²) in [4.78, 5) is 2.43. The predicted molar refractivity (Wildman–Crippen MR) is 191 cm³/mol. The van der Waals surface area contributed by atoms with Crippen molar-refractivity contribution in [1.82, 2.24) is 0 Å².